The maximum absolute atomic E-state index is 12.1. The molecule has 0 aromatic heterocycles. The second kappa shape index (κ2) is 6.45. The standard InChI is InChI=1S/C14H19F3N2O/c15-14(16,17)20-13-6-2-11(3-7-13)10-19(9-1-8-18)12-4-5-12/h2-3,6-7,12H,1,4-5,8-10,18H2. The molecule has 0 heterocycles. The number of ether oxygens (including phenoxy) is 1. The van der Waals surface area contributed by atoms with Crippen LogP contribution in [0.25, 0.3) is 0 Å². The predicted molar refractivity (Wildman–Crippen MR) is 70.2 cm³/mol. The first-order valence-electron chi connectivity index (χ1n) is 6.77. The summed E-state index contributed by atoms with van der Waals surface area (Å²) in [5, 5.41) is 0. The van der Waals surface area contributed by atoms with E-state index in [1.54, 1.807) is 12.1 Å². The molecular weight excluding hydrogens is 269 g/mol. The van der Waals surface area contributed by atoms with Crippen LogP contribution in [0.1, 0.15) is 24.8 Å². The summed E-state index contributed by atoms with van der Waals surface area (Å²) in [4.78, 5) is 2.34. The lowest BCUT2D eigenvalue weighted by Gasteiger charge is -2.21. The largest absolute Gasteiger partial charge is 0.573 e. The summed E-state index contributed by atoms with van der Waals surface area (Å²) in [7, 11) is 0. The van der Waals surface area contributed by atoms with Crippen molar-refractivity contribution in [2.45, 2.75) is 38.2 Å². The fourth-order valence-corrected chi connectivity index (χ4v) is 2.16. The summed E-state index contributed by atoms with van der Waals surface area (Å²) in [6.45, 7) is 2.33. The molecule has 1 aliphatic carbocycles. The molecule has 1 aromatic rings. The number of halogens is 3. The van der Waals surface area contributed by atoms with Crippen molar-refractivity contribution in [3.8, 4) is 5.75 Å². The van der Waals surface area contributed by atoms with E-state index in [0.717, 1.165) is 25.1 Å². The van der Waals surface area contributed by atoms with Crippen LogP contribution < -0.4 is 10.5 Å². The Labute approximate surface area is 116 Å². The van der Waals surface area contributed by atoms with Gasteiger partial charge in [-0.1, -0.05) is 12.1 Å². The van der Waals surface area contributed by atoms with E-state index < -0.39 is 6.36 Å². The van der Waals surface area contributed by atoms with E-state index in [2.05, 4.69) is 9.64 Å². The van der Waals surface area contributed by atoms with Gasteiger partial charge in [-0.05, 0) is 50.0 Å². The van der Waals surface area contributed by atoms with Gasteiger partial charge < -0.3 is 10.5 Å². The first-order valence-corrected chi connectivity index (χ1v) is 6.77. The van der Waals surface area contributed by atoms with Crippen molar-refractivity contribution in [3.05, 3.63) is 29.8 Å². The van der Waals surface area contributed by atoms with Crippen molar-refractivity contribution in [3.63, 3.8) is 0 Å². The van der Waals surface area contributed by atoms with Gasteiger partial charge in [0.2, 0.25) is 0 Å². The number of hydrogen-bond donors (Lipinski definition) is 1. The molecule has 0 aliphatic heterocycles. The van der Waals surface area contributed by atoms with Gasteiger partial charge in [-0.3, -0.25) is 4.90 Å². The second-order valence-corrected chi connectivity index (χ2v) is 5.04. The zero-order chi connectivity index (χ0) is 14.6. The van der Waals surface area contributed by atoms with Crippen molar-refractivity contribution in [1.82, 2.24) is 4.90 Å². The van der Waals surface area contributed by atoms with Crippen molar-refractivity contribution >= 4 is 0 Å². The molecule has 6 heteroatoms. The lowest BCUT2D eigenvalue weighted by atomic mass is 10.2. The molecular formula is C14H19F3N2O. The van der Waals surface area contributed by atoms with E-state index in [-0.39, 0.29) is 5.75 Å². The average molecular weight is 288 g/mol. The molecule has 0 atom stereocenters. The van der Waals surface area contributed by atoms with Crippen LogP contribution in [0.5, 0.6) is 5.75 Å². The lowest BCUT2D eigenvalue weighted by Crippen LogP contribution is -2.28. The number of hydrogen-bond acceptors (Lipinski definition) is 3. The first kappa shape index (κ1) is 15.1. The molecule has 0 bridgehead atoms. The molecule has 1 fully saturated rings. The van der Waals surface area contributed by atoms with Gasteiger partial charge in [-0.2, -0.15) is 0 Å². The van der Waals surface area contributed by atoms with Crippen LogP contribution in [-0.2, 0) is 6.54 Å². The molecule has 1 aromatic carbocycles. The van der Waals surface area contributed by atoms with Crippen LogP contribution in [0.4, 0.5) is 13.2 Å². The van der Waals surface area contributed by atoms with Gasteiger partial charge in [0.15, 0.2) is 0 Å². The number of benzene rings is 1. The number of rotatable bonds is 7. The molecule has 0 amide bonds. The topological polar surface area (TPSA) is 38.5 Å². The average Bonchev–Trinajstić information content (AvgIpc) is 3.19. The zero-order valence-electron chi connectivity index (χ0n) is 11.2. The van der Waals surface area contributed by atoms with Gasteiger partial charge in [0, 0.05) is 12.6 Å². The Morgan fingerprint density at radius 1 is 1.20 bits per heavy atom. The first-order chi connectivity index (χ1) is 9.48. The van der Waals surface area contributed by atoms with Crippen LogP contribution in [0, 0.1) is 0 Å². The molecule has 2 N–H and O–H groups in total. The van der Waals surface area contributed by atoms with Crippen molar-refractivity contribution in [1.29, 1.82) is 0 Å². The van der Waals surface area contributed by atoms with Crippen LogP contribution >= 0.6 is 0 Å². The summed E-state index contributed by atoms with van der Waals surface area (Å²) >= 11 is 0. The molecule has 0 radical (unpaired) electrons. The third-order valence-corrected chi connectivity index (χ3v) is 3.26. The van der Waals surface area contributed by atoms with Crippen LogP contribution in [0.15, 0.2) is 24.3 Å². The fraction of sp³-hybridized carbons (Fsp3) is 0.571. The van der Waals surface area contributed by atoms with Crippen LogP contribution in [0.2, 0.25) is 0 Å². The smallest absolute Gasteiger partial charge is 0.406 e. The number of nitrogens with zero attached hydrogens (tertiary/aromatic N) is 1. The number of nitrogens with two attached hydrogens (primary N) is 1. The van der Waals surface area contributed by atoms with Gasteiger partial charge in [0.05, 0.1) is 0 Å². The second-order valence-electron chi connectivity index (χ2n) is 5.04. The van der Waals surface area contributed by atoms with Crippen LogP contribution in [-0.4, -0.2) is 30.4 Å². The van der Waals surface area contributed by atoms with E-state index >= 15 is 0 Å². The Morgan fingerprint density at radius 2 is 1.85 bits per heavy atom. The van der Waals surface area contributed by atoms with Gasteiger partial charge in [0.1, 0.15) is 5.75 Å². The van der Waals surface area contributed by atoms with Crippen molar-refractivity contribution in [2.24, 2.45) is 5.73 Å². The zero-order valence-corrected chi connectivity index (χ0v) is 11.2. The lowest BCUT2D eigenvalue weighted by molar-refractivity contribution is -0.274. The summed E-state index contributed by atoms with van der Waals surface area (Å²) in [6.07, 6.45) is -1.31. The van der Waals surface area contributed by atoms with E-state index in [1.807, 2.05) is 0 Å². The Balaban J connectivity index is 1.91. The molecule has 1 aliphatic rings. The molecule has 112 valence electrons. The molecule has 2 rings (SSSR count). The monoisotopic (exact) mass is 288 g/mol. The normalized spacial score (nSPS) is 15.7. The van der Waals surface area contributed by atoms with E-state index in [4.69, 9.17) is 5.73 Å². The fourth-order valence-electron chi connectivity index (χ4n) is 2.16. The summed E-state index contributed by atoms with van der Waals surface area (Å²) in [6, 6.07) is 6.68. The van der Waals surface area contributed by atoms with Gasteiger partial charge >= 0.3 is 6.36 Å². The van der Waals surface area contributed by atoms with Crippen molar-refractivity contribution < 1.29 is 17.9 Å². The molecule has 1 saturated carbocycles. The van der Waals surface area contributed by atoms with E-state index in [0.29, 0.717) is 12.6 Å². The highest BCUT2D eigenvalue weighted by molar-refractivity contribution is 5.27. The van der Waals surface area contributed by atoms with Crippen molar-refractivity contribution in [2.75, 3.05) is 13.1 Å². The molecule has 0 spiro atoms. The molecule has 20 heavy (non-hydrogen) atoms. The summed E-state index contributed by atoms with van der Waals surface area (Å²) in [5.74, 6) is -0.179. The minimum atomic E-state index is -4.64. The maximum Gasteiger partial charge on any atom is 0.573 e. The highest BCUT2D eigenvalue weighted by Crippen LogP contribution is 2.29. The quantitative estimate of drug-likeness (QED) is 0.838. The maximum atomic E-state index is 12.1. The summed E-state index contributed by atoms with van der Waals surface area (Å²) in [5.41, 5.74) is 6.51. The highest BCUT2D eigenvalue weighted by Gasteiger charge is 2.31. The highest BCUT2D eigenvalue weighted by atomic mass is 19.4. The third kappa shape index (κ3) is 5.02. The predicted octanol–water partition coefficient (Wildman–Crippen LogP) is 2.90. The SMILES string of the molecule is NCCCN(Cc1ccc(OC(F)(F)F)cc1)C1CC1. The number of alkyl halides is 3. The van der Waals surface area contributed by atoms with Crippen LogP contribution in [0.3, 0.4) is 0 Å². The molecule has 0 unspecified atom stereocenters. The third-order valence-electron chi connectivity index (χ3n) is 3.26. The van der Waals surface area contributed by atoms with E-state index in [1.165, 1.54) is 25.0 Å². The molecule has 0 saturated heterocycles. The van der Waals surface area contributed by atoms with Gasteiger partial charge in [-0.15, -0.1) is 13.2 Å². The minimum Gasteiger partial charge on any atom is -0.406 e. The Bertz CT molecular complexity index is 415. The van der Waals surface area contributed by atoms with Gasteiger partial charge in [0.25, 0.3) is 0 Å². The Kier molecular flexibility index (Phi) is 4.88. The van der Waals surface area contributed by atoms with E-state index in [9.17, 15) is 13.2 Å². The Morgan fingerprint density at radius 3 is 2.35 bits per heavy atom. The Hall–Kier alpha value is -1.27. The molecule has 3 nitrogen and oxygen atoms in total. The summed E-state index contributed by atoms with van der Waals surface area (Å²) < 4.78 is 40.0. The minimum absolute atomic E-state index is 0.179. The van der Waals surface area contributed by atoms with Gasteiger partial charge in [-0.25, -0.2) is 0 Å².